The molecular formula is C18H22N6O2S. The second-order valence-corrected chi connectivity index (χ2v) is 8.97. The Kier molecular flexibility index (Phi) is 4.88. The molecular weight excluding hydrogens is 364 g/mol. The first-order chi connectivity index (χ1) is 13.0. The second kappa shape index (κ2) is 7.32. The summed E-state index contributed by atoms with van der Waals surface area (Å²) in [6, 6.07) is 3.86. The van der Waals surface area contributed by atoms with E-state index in [0.717, 1.165) is 42.8 Å². The van der Waals surface area contributed by atoms with Crippen LogP contribution in [0.3, 0.4) is 0 Å². The molecule has 0 unspecified atom stereocenters. The Hall–Kier alpha value is -2.39. The maximum atomic E-state index is 11.8. The SMILES string of the molecule is CS(=O)(=O)N1CCC[C@H](Cc2cc(-c3cnc4ncccn34)ncn2)CC1. The Balaban J connectivity index is 1.52. The fraction of sp³-hybridized carbons (Fsp3) is 0.444. The zero-order chi connectivity index (χ0) is 18.9. The lowest BCUT2D eigenvalue weighted by molar-refractivity contribution is 0.412. The molecule has 142 valence electrons. The summed E-state index contributed by atoms with van der Waals surface area (Å²) in [7, 11) is -3.11. The van der Waals surface area contributed by atoms with Crippen molar-refractivity contribution in [3.05, 3.63) is 42.7 Å². The number of nitrogens with zero attached hydrogens (tertiary/aromatic N) is 6. The van der Waals surface area contributed by atoms with Crippen molar-refractivity contribution in [2.24, 2.45) is 5.92 Å². The van der Waals surface area contributed by atoms with Crippen LogP contribution in [0.15, 0.2) is 37.1 Å². The minimum Gasteiger partial charge on any atom is -0.282 e. The monoisotopic (exact) mass is 386 g/mol. The summed E-state index contributed by atoms with van der Waals surface area (Å²) in [5.74, 6) is 1.06. The molecule has 0 bridgehead atoms. The van der Waals surface area contributed by atoms with Gasteiger partial charge in [-0.3, -0.25) is 4.40 Å². The Morgan fingerprint density at radius 2 is 2.04 bits per heavy atom. The van der Waals surface area contributed by atoms with Gasteiger partial charge in [0.25, 0.3) is 0 Å². The van der Waals surface area contributed by atoms with Gasteiger partial charge < -0.3 is 0 Å². The summed E-state index contributed by atoms with van der Waals surface area (Å²) >= 11 is 0. The Morgan fingerprint density at radius 3 is 2.89 bits per heavy atom. The van der Waals surface area contributed by atoms with E-state index in [2.05, 4.69) is 19.9 Å². The van der Waals surface area contributed by atoms with Crippen LogP contribution in [0.5, 0.6) is 0 Å². The predicted octanol–water partition coefficient (Wildman–Crippen LogP) is 1.79. The molecule has 8 nitrogen and oxygen atoms in total. The quantitative estimate of drug-likeness (QED) is 0.679. The van der Waals surface area contributed by atoms with Gasteiger partial charge in [0.05, 0.1) is 23.8 Å². The molecule has 0 saturated carbocycles. The average Bonchev–Trinajstić information content (AvgIpc) is 2.93. The summed E-state index contributed by atoms with van der Waals surface area (Å²) in [6.07, 6.45) is 11.8. The van der Waals surface area contributed by atoms with Crippen LogP contribution < -0.4 is 0 Å². The van der Waals surface area contributed by atoms with Gasteiger partial charge in [-0.15, -0.1) is 0 Å². The van der Waals surface area contributed by atoms with Crippen molar-refractivity contribution in [2.45, 2.75) is 25.7 Å². The van der Waals surface area contributed by atoms with E-state index in [4.69, 9.17) is 0 Å². The molecule has 0 radical (unpaired) electrons. The molecule has 1 atom stereocenters. The maximum absolute atomic E-state index is 11.8. The Morgan fingerprint density at radius 1 is 1.15 bits per heavy atom. The van der Waals surface area contributed by atoms with Gasteiger partial charge in [-0.2, -0.15) is 0 Å². The number of fused-ring (bicyclic) bond motifs is 1. The number of rotatable bonds is 4. The first-order valence-electron chi connectivity index (χ1n) is 9.05. The van der Waals surface area contributed by atoms with Gasteiger partial charge in [-0.1, -0.05) is 0 Å². The van der Waals surface area contributed by atoms with Crippen LogP contribution in [0, 0.1) is 5.92 Å². The van der Waals surface area contributed by atoms with E-state index in [1.54, 1.807) is 23.0 Å². The molecule has 4 heterocycles. The lowest BCUT2D eigenvalue weighted by Gasteiger charge is -2.17. The Labute approximate surface area is 158 Å². The third-order valence-electron chi connectivity index (χ3n) is 5.05. The largest absolute Gasteiger partial charge is 0.282 e. The van der Waals surface area contributed by atoms with E-state index in [1.165, 1.54) is 6.26 Å². The highest BCUT2D eigenvalue weighted by Gasteiger charge is 2.23. The van der Waals surface area contributed by atoms with Gasteiger partial charge in [0.1, 0.15) is 6.33 Å². The summed E-state index contributed by atoms with van der Waals surface area (Å²) in [4.78, 5) is 17.4. The number of hydrogen-bond donors (Lipinski definition) is 0. The molecule has 0 spiro atoms. The number of hydrogen-bond acceptors (Lipinski definition) is 6. The minimum atomic E-state index is -3.11. The lowest BCUT2D eigenvalue weighted by Crippen LogP contribution is -2.30. The van der Waals surface area contributed by atoms with Crippen LogP contribution in [-0.4, -0.2) is 56.4 Å². The summed E-state index contributed by atoms with van der Waals surface area (Å²) in [5, 5.41) is 0. The van der Waals surface area contributed by atoms with Gasteiger partial charge in [-0.05, 0) is 43.7 Å². The average molecular weight is 386 g/mol. The van der Waals surface area contributed by atoms with E-state index in [0.29, 0.717) is 24.8 Å². The van der Waals surface area contributed by atoms with Crippen LogP contribution in [-0.2, 0) is 16.4 Å². The lowest BCUT2D eigenvalue weighted by atomic mass is 9.95. The fourth-order valence-electron chi connectivity index (χ4n) is 3.64. The predicted molar refractivity (Wildman–Crippen MR) is 101 cm³/mol. The molecule has 3 aromatic heterocycles. The molecule has 4 rings (SSSR count). The molecule has 1 saturated heterocycles. The first kappa shape index (κ1) is 18.0. The topological polar surface area (TPSA) is 93.4 Å². The second-order valence-electron chi connectivity index (χ2n) is 6.99. The molecule has 0 aliphatic carbocycles. The zero-order valence-electron chi connectivity index (χ0n) is 15.2. The van der Waals surface area contributed by atoms with Crippen LogP contribution >= 0.6 is 0 Å². The van der Waals surface area contributed by atoms with Gasteiger partial charge >= 0.3 is 0 Å². The van der Waals surface area contributed by atoms with Gasteiger partial charge in [0, 0.05) is 31.2 Å². The van der Waals surface area contributed by atoms with Crippen molar-refractivity contribution < 1.29 is 8.42 Å². The first-order valence-corrected chi connectivity index (χ1v) is 10.9. The summed E-state index contributed by atoms with van der Waals surface area (Å²) < 4.78 is 27.1. The Bertz CT molecular complexity index is 1050. The molecule has 1 aliphatic heterocycles. The number of sulfonamides is 1. The molecule has 0 amide bonds. The zero-order valence-corrected chi connectivity index (χ0v) is 16.0. The molecule has 0 N–H and O–H groups in total. The fourth-order valence-corrected chi connectivity index (χ4v) is 4.53. The van der Waals surface area contributed by atoms with Crippen molar-refractivity contribution >= 4 is 15.8 Å². The highest BCUT2D eigenvalue weighted by Crippen LogP contribution is 2.24. The van der Waals surface area contributed by atoms with Gasteiger partial charge in [-0.25, -0.2) is 32.7 Å². The van der Waals surface area contributed by atoms with Crippen molar-refractivity contribution in [1.29, 1.82) is 0 Å². The van der Waals surface area contributed by atoms with E-state index in [-0.39, 0.29) is 0 Å². The molecule has 0 aromatic carbocycles. The standard InChI is InChI=1S/C18H22N6O2S/c1-27(25,26)23-7-2-4-14(5-9-23)10-15-11-16(22-13-21-15)17-12-20-18-19-6-3-8-24(17)18/h3,6,8,11-14H,2,4-5,7,9-10H2,1H3/t14-/m0/s1. The minimum absolute atomic E-state index is 0.420. The van der Waals surface area contributed by atoms with Crippen LogP contribution in [0.25, 0.3) is 17.2 Å². The van der Waals surface area contributed by atoms with Gasteiger partial charge in [0.15, 0.2) is 0 Å². The van der Waals surface area contributed by atoms with E-state index < -0.39 is 10.0 Å². The van der Waals surface area contributed by atoms with Crippen LogP contribution in [0.2, 0.25) is 0 Å². The van der Waals surface area contributed by atoms with Crippen molar-refractivity contribution in [2.75, 3.05) is 19.3 Å². The summed E-state index contributed by atoms with van der Waals surface area (Å²) in [5.41, 5.74) is 2.66. The molecule has 3 aromatic rings. The molecule has 27 heavy (non-hydrogen) atoms. The van der Waals surface area contributed by atoms with E-state index in [1.807, 2.05) is 22.7 Å². The van der Waals surface area contributed by atoms with E-state index in [9.17, 15) is 8.42 Å². The molecule has 1 aliphatic rings. The maximum Gasteiger partial charge on any atom is 0.234 e. The van der Waals surface area contributed by atoms with E-state index >= 15 is 0 Å². The van der Waals surface area contributed by atoms with Crippen LogP contribution in [0.4, 0.5) is 0 Å². The third-order valence-corrected chi connectivity index (χ3v) is 6.35. The highest BCUT2D eigenvalue weighted by atomic mass is 32.2. The third kappa shape index (κ3) is 3.98. The summed E-state index contributed by atoms with van der Waals surface area (Å²) in [6.45, 7) is 1.19. The van der Waals surface area contributed by atoms with Crippen LogP contribution in [0.1, 0.15) is 25.0 Å². The van der Waals surface area contributed by atoms with Crippen molar-refractivity contribution in [3.63, 3.8) is 0 Å². The van der Waals surface area contributed by atoms with Gasteiger partial charge in [0.2, 0.25) is 15.8 Å². The number of aromatic nitrogens is 5. The smallest absolute Gasteiger partial charge is 0.234 e. The highest BCUT2D eigenvalue weighted by molar-refractivity contribution is 7.88. The number of imidazole rings is 1. The van der Waals surface area contributed by atoms with Crippen molar-refractivity contribution in [3.8, 4) is 11.4 Å². The molecule has 1 fully saturated rings. The van der Waals surface area contributed by atoms with Crippen molar-refractivity contribution in [1.82, 2.24) is 28.6 Å². The normalized spacial score (nSPS) is 19.2. The molecule has 9 heteroatoms.